The van der Waals surface area contributed by atoms with Crippen molar-refractivity contribution in [3.63, 3.8) is 0 Å². The molecule has 0 atom stereocenters. The number of aromatic nitrogens is 1. The van der Waals surface area contributed by atoms with Crippen LogP contribution >= 0.6 is 11.8 Å². The molecule has 0 radical (unpaired) electrons. The van der Waals surface area contributed by atoms with Gasteiger partial charge in [-0.1, -0.05) is 6.92 Å². The Bertz CT molecular complexity index is 671. The molecule has 0 spiro atoms. The standard InChI is InChI=1S/C16H18N4O2S/c1-3-23-14-9-4-11(10-18-14)15(21)19-12-5-7-13(8-6-12)20-16(22)17-2/h4-10H,3H2,1-2H3,(H,19,21)(H2,17,20,22). The van der Waals surface area contributed by atoms with Gasteiger partial charge in [0.25, 0.3) is 5.91 Å². The molecule has 6 nitrogen and oxygen atoms in total. The van der Waals surface area contributed by atoms with Crippen LogP contribution in [0.1, 0.15) is 17.3 Å². The Labute approximate surface area is 139 Å². The number of hydrogen-bond donors (Lipinski definition) is 3. The number of nitrogens with zero attached hydrogens (tertiary/aromatic N) is 1. The second-order valence-electron chi connectivity index (χ2n) is 4.55. The minimum atomic E-state index is -0.294. The number of benzene rings is 1. The van der Waals surface area contributed by atoms with Crippen molar-refractivity contribution in [2.24, 2.45) is 0 Å². The van der Waals surface area contributed by atoms with E-state index in [1.165, 1.54) is 0 Å². The zero-order valence-electron chi connectivity index (χ0n) is 12.9. The lowest BCUT2D eigenvalue weighted by Crippen LogP contribution is -2.24. The van der Waals surface area contributed by atoms with Crippen LogP contribution in [0, 0.1) is 0 Å². The van der Waals surface area contributed by atoms with Crippen molar-refractivity contribution in [2.45, 2.75) is 11.9 Å². The van der Waals surface area contributed by atoms with Crippen molar-refractivity contribution in [3.05, 3.63) is 48.2 Å². The second kappa shape index (κ2) is 8.19. The van der Waals surface area contributed by atoms with E-state index in [0.717, 1.165) is 10.8 Å². The Balaban J connectivity index is 1.98. The van der Waals surface area contributed by atoms with Crippen molar-refractivity contribution in [3.8, 4) is 0 Å². The fourth-order valence-corrected chi connectivity index (χ4v) is 2.37. The molecule has 0 fully saturated rings. The lowest BCUT2D eigenvalue weighted by Gasteiger charge is -2.08. The minimum Gasteiger partial charge on any atom is -0.341 e. The van der Waals surface area contributed by atoms with Crippen LogP contribution in [0.4, 0.5) is 16.2 Å². The summed E-state index contributed by atoms with van der Waals surface area (Å²) in [5.41, 5.74) is 1.78. The molecular formula is C16H18N4O2S. The molecule has 0 aliphatic rings. The maximum Gasteiger partial charge on any atom is 0.318 e. The number of carbonyl (C=O) groups is 2. The number of thioether (sulfide) groups is 1. The predicted octanol–water partition coefficient (Wildman–Crippen LogP) is 3.20. The summed E-state index contributed by atoms with van der Waals surface area (Å²) in [6.07, 6.45) is 1.56. The number of urea groups is 1. The van der Waals surface area contributed by atoms with Gasteiger partial charge in [-0.2, -0.15) is 0 Å². The van der Waals surface area contributed by atoms with Gasteiger partial charge in [0.2, 0.25) is 0 Å². The predicted molar refractivity (Wildman–Crippen MR) is 93.1 cm³/mol. The quantitative estimate of drug-likeness (QED) is 0.735. The average Bonchev–Trinajstić information content (AvgIpc) is 2.57. The van der Waals surface area contributed by atoms with Crippen molar-refractivity contribution >= 4 is 35.1 Å². The van der Waals surface area contributed by atoms with Crippen LogP contribution in [-0.4, -0.2) is 29.7 Å². The van der Waals surface area contributed by atoms with E-state index in [-0.39, 0.29) is 11.9 Å². The summed E-state index contributed by atoms with van der Waals surface area (Å²) in [4.78, 5) is 27.6. The lowest BCUT2D eigenvalue weighted by molar-refractivity contribution is 0.102. The smallest absolute Gasteiger partial charge is 0.318 e. The average molecular weight is 330 g/mol. The van der Waals surface area contributed by atoms with Gasteiger partial charge >= 0.3 is 6.03 Å². The zero-order valence-corrected chi connectivity index (χ0v) is 13.7. The molecule has 3 amide bonds. The highest BCUT2D eigenvalue weighted by Gasteiger charge is 2.07. The van der Waals surface area contributed by atoms with E-state index in [2.05, 4.69) is 27.9 Å². The van der Waals surface area contributed by atoms with Crippen LogP contribution in [-0.2, 0) is 0 Å². The van der Waals surface area contributed by atoms with Crippen LogP contribution in [0.15, 0.2) is 47.6 Å². The number of pyridine rings is 1. The van der Waals surface area contributed by atoms with Gasteiger partial charge in [-0.3, -0.25) is 4.79 Å². The Morgan fingerprint density at radius 3 is 2.22 bits per heavy atom. The van der Waals surface area contributed by atoms with E-state index in [9.17, 15) is 9.59 Å². The third-order valence-electron chi connectivity index (χ3n) is 2.92. The van der Waals surface area contributed by atoms with Crippen molar-refractivity contribution < 1.29 is 9.59 Å². The maximum atomic E-state index is 12.2. The summed E-state index contributed by atoms with van der Waals surface area (Å²) < 4.78 is 0. The van der Waals surface area contributed by atoms with Crippen LogP contribution in [0.3, 0.4) is 0 Å². The van der Waals surface area contributed by atoms with E-state index in [1.54, 1.807) is 55.3 Å². The van der Waals surface area contributed by atoms with Gasteiger partial charge in [0, 0.05) is 24.6 Å². The molecule has 0 aliphatic heterocycles. The Morgan fingerprint density at radius 1 is 1.04 bits per heavy atom. The fraction of sp³-hybridized carbons (Fsp3) is 0.188. The van der Waals surface area contributed by atoms with Gasteiger partial charge in [0.1, 0.15) is 0 Å². The van der Waals surface area contributed by atoms with Gasteiger partial charge in [0.05, 0.1) is 10.6 Å². The van der Waals surface area contributed by atoms with Crippen LogP contribution < -0.4 is 16.0 Å². The molecule has 1 aromatic heterocycles. The first-order chi connectivity index (χ1) is 11.1. The van der Waals surface area contributed by atoms with E-state index < -0.39 is 0 Å². The first-order valence-electron chi connectivity index (χ1n) is 7.11. The Kier molecular flexibility index (Phi) is 5.99. The molecule has 2 aromatic rings. The number of anilines is 2. The molecule has 0 unspecified atom stereocenters. The normalized spacial score (nSPS) is 10.0. The summed E-state index contributed by atoms with van der Waals surface area (Å²) in [7, 11) is 1.54. The molecule has 0 bridgehead atoms. The summed E-state index contributed by atoms with van der Waals surface area (Å²) in [5, 5.41) is 8.80. The first-order valence-corrected chi connectivity index (χ1v) is 8.10. The highest BCUT2D eigenvalue weighted by molar-refractivity contribution is 7.99. The minimum absolute atomic E-state index is 0.224. The Hall–Kier alpha value is -2.54. The van der Waals surface area contributed by atoms with Gasteiger partial charge in [-0.05, 0) is 42.2 Å². The molecule has 1 heterocycles. The first kappa shape index (κ1) is 16.8. The fourth-order valence-electron chi connectivity index (χ4n) is 1.78. The summed E-state index contributed by atoms with van der Waals surface area (Å²) >= 11 is 1.63. The number of hydrogen-bond acceptors (Lipinski definition) is 4. The summed E-state index contributed by atoms with van der Waals surface area (Å²) in [6.45, 7) is 2.05. The largest absolute Gasteiger partial charge is 0.341 e. The maximum absolute atomic E-state index is 12.2. The molecule has 0 saturated heterocycles. The second-order valence-corrected chi connectivity index (χ2v) is 5.84. The SMILES string of the molecule is CCSc1ccc(C(=O)Nc2ccc(NC(=O)NC)cc2)cn1. The van der Waals surface area contributed by atoms with Gasteiger partial charge in [-0.15, -0.1) is 11.8 Å². The van der Waals surface area contributed by atoms with E-state index in [4.69, 9.17) is 0 Å². The van der Waals surface area contributed by atoms with Crippen molar-refractivity contribution in [1.82, 2.24) is 10.3 Å². The monoisotopic (exact) mass is 330 g/mol. The van der Waals surface area contributed by atoms with Crippen LogP contribution in [0.2, 0.25) is 0 Å². The molecule has 23 heavy (non-hydrogen) atoms. The topological polar surface area (TPSA) is 83.1 Å². The van der Waals surface area contributed by atoms with Gasteiger partial charge < -0.3 is 16.0 Å². The van der Waals surface area contributed by atoms with Crippen molar-refractivity contribution in [1.29, 1.82) is 0 Å². The van der Waals surface area contributed by atoms with Gasteiger partial charge in [0.15, 0.2) is 0 Å². The highest BCUT2D eigenvalue weighted by atomic mass is 32.2. The zero-order chi connectivity index (χ0) is 16.7. The Morgan fingerprint density at radius 2 is 1.70 bits per heavy atom. The molecule has 2 rings (SSSR count). The molecular weight excluding hydrogens is 312 g/mol. The van der Waals surface area contributed by atoms with Gasteiger partial charge in [-0.25, -0.2) is 9.78 Å². The van der Waals surface area contributed by atoms with Crippen LogP contribution in [0.25, 0.3) is 0 Å². The number of nitrogens with one attached hydrogen (secondary N) is 3. The molecule has 0 aliphatic carbocycles. The van der Waals surface area contributed by atoms with E-state index in [0.29, 0.717) is 16.9 Å². The molecule has 0 saturated carbocycles. The van der Waals surface area contributed by atoms with E-state index >= 15 is 0 Å². The molecule has 120 valence electrons. The summed E-state index contributed by atoms with van der Waals surface area (Å²) in [5.74, 6) is 0.715. The number of amides is 3. The number of rotatable bonds is 5. The summed E-state index contributed by atoms with van der Waals surface area (Å²) in [6, 6.07) is 10.2. The van der Waals surface area contributed by atoms with Crippen molar-refractivity contribution in [2.75, 3.05) is 23.4 Å². The molecule has 1 aromatic carbocycles. The highest BCUT2D eigenvalue weighted by Crippen LogP contribution is 2.17. The van der Waals surface area contributed by atoms with E-state index in [1.807, 2.05) is 6.07 Å². The molecule has 7 heteroatoms. The molecule has 3 N–H and O–H groups in total. The third kappa shape index (κ3) is 5.00. The number of carbonyl (C=O) groups excluding carboxylic acids is 2. The third-order valence-corrected chi connectivity index (χ3v) is 3.74. The lowest BCUT2D eigenvalue weighted by atomic mass is 10.2. The van der Waals surface area contributed by atoms with Crippen LogP contribution in [0.5, 0.6) is 0 Å².